The molecule has 0 aliphatic carbocycles. The zero-order chi connectivity index (χ0) is 13.4. The molecule has 0 saturated heterocycles. The van der Waals surface area contributed by atoms with E-state index in [1.807, 2.05) is 44.2 Å². The van der Waals surface area contributed by atoms with Gasteiger partial charge in [0, 0.05) is 6.07 Å². The third kappa shape index (κ3) is 2.24. The van der Waals surface area contributed by atoms with Gasteiger partial charge < -0.3 is 9.09 Å². The fourth-order valence-corrected chi connectivity index (χ4v) is 2.38. The van der Waals surface area contributed by atoms with Gasteiger partial charge in [0.1, 0.15) is 5.82 Å². The van der Waals surface area contributed by atoms with Crippen LogP contribution in [0.2, 0.25) is 0 Å². The molecule has 1 aromatic carbocycles. The van der Waals surface area contributed by atoms with Crippen LogP contribution in [0.1, 0.15) is 29.6 Å². The lowest BCUT2D eigenvalue weighted by Crippen LogP contribution is -2.05. The highest BCUT2D eigenvalue weighted by atomic mass is 35.5. The molecule has 19 heavy (non-hydrogen) atoms. The molecule has 0 aliphatic heterocycles. The molecule has 98 valence electrons. The van der Waals surface area contributed by atoms with E-state index in [-0.39, 0.29) is 5.38 Å². The molecule has 0 N–H and O–H groups in total. The van der Waals surface area contributed by atoms with Crippen LogP contribution in [-0.4, -0.2) is 14.7 Å². The molecule has 5 heteroatoms. The van der Waals surface area contributed by atoms with Gasteiger partial charge in [-0.3, -0.25) is 0 Å². The van der Waals surface area contributed by atoms with Crippen molar-refractivity contribution in [3.63, 3.8) is 0 Å². The number of para-hydroxylation sites is 2. The summed E-state index contributed by atoms with van der Waals surface area (Å²) < 4.78 is 7.36. The molecule has 0 amide bonds. The van der Waals surface area contributed by atoms with Gasteiger partial charge in [0.2, 0.25) is 0 Å². The zero-order valence-corrected chi connectivity index (χ0v) is 11.6. The van der Waals surface area contributed by atoms with Gasteiger partial charge in [-0.1, -0.05) is 17.3 Å². The predicted molar refractivity (Wildman–Crippen MR) is 74.3 cm³/mol. The number of halogens is 1. The first-order valence-corrected chi connectivity index (χ1v) is 6.60. The molecule has 4 nitrogen and oxygen atoms in total. The standard InChI is InChI=1S/C14H14ClN3O/c1-9-7-11(19-17-9)8-18-13-6-4-3-5-12(13)16-14(18)10(2)15/h3-7,10H,8H2,1-2H3. The maximum atomic E-state index is 6.22. The second kappa shape index (κ2) is 4.70. The van der Waals surface area contributed by atoms with Crippen molar-refractivity contribution in [3.8, 4) is 0 Å². The Morgan fingerprint density at radius 1 is 1.37 bits per heavy atom. The summed E-state index contributed by atoms with van der Waals surface area (Å²) in [6, 6.07) is 9.92. The van der Waals surface area contributed by atoms with E-state index >= 15 is 0 Å². The van der Waals surface area contributed by atoms with Crippen molar-refractivity contribution in [2.45, 2.75) is 25.8 Å². The highest BCUT2D eigenvalue weighted by Gasteiger charge is 2.16. The molecule has 0 spiro atoms. The lowest BCUT2D eigenvalue weighted by atomic mass is 10.3. The monoisotopic (exact) mass is 275 g/mol. The lowest BCUT2D eigenvalue weighted by molar-refractivity contribution is 0.372. The van der Waals surface area contributed by atoms with Crippen molar-refractivity contribution >= 4 is 22.6 Å². The van der Waals surface area contributed by atoms with Crippen LogP contribution in [-0.2, 0) is 6.54 Å². The minimum Gasteiger partial charge on any atom is -0.359 e. The van der Waals surface area contributed by atoms with E-state index < -0.39 is 0 Å². The van der Waals surface area contributed by atoms with E-state index in [1.54, 1.807) is 0 Å². The van der Waals surface area contributed by atoms with Gasteiger partial charge in [0.25, 0.3) is 0 Å². The summed E-state index contributed by atoms with van der Waals surface area (Å²) in [5.74, 6) is 1.65. The number of hydrogen-bond acceptors (Lipinski definition) is 3. The Morgan fingerprint density at radius 2 is 2.16 bits per heavy atom. The number of rotatable bonds is 3. The summed E-state index contributed by atoms with van der Waals surface area (Å²) >= 11 is 6.22. The molecule has 0 bridgehead atoms. The van der Waals surface area contributed by atoms with Gasteiger partial charge >= 0.3 is 0 Å². The molecule has 0 fully saturated rings. The summed E-state index contributed by atoms with van der Waals surface area (Å²) in [5, 5.41) is 3.75. The Labute approximate surface area is 116 Å². The minimum absolute atomic E-state index is 0.156. The summed E-state index contributed by atoms with van der Waals surface area (Å²) in [4.78, 5) is 4.58. The number of hydrogen-bond donors (Lipinski definition) is 0. The van der Waals surface area contributed by atoms with Crippen LogP contribution in [0.3, 0.4) is 0 Å². The third-order valence-electron chi connectivity index (χ3n) is 3.03. The normalized spacial score (nSPS) is 13.0. The highest BCUT2D eigenvalue weighted by molar-refractivity contribution is 6.20. The lowest BCUT2D eigenvalue weighted by Gasteiger charge is -2.08. The van der Waals surface area contributed by atoms with E-state index in [0.29, 0.717) is 6.54 Å². The molecular weight excluding hydrogens is 262 g/mol. The Bertz CT molecular complexity index is 714. The Hall–Kier alpha value is -1.81. The van der Waals surface area contributed by atoms with Gasteiger partial charge in [-0.25, -0.2) is 4.98 Å². The maximum Gasteiger partial charge on any atom is 0.156 e. The minimum atomic E-state index is -0.156. The molecule has 0 saturated carbocycles. The van der Waals surface area contributed by atoms with Crippen molar-refractivity contribution in [1.82, 2.24) is 14.7 Å². The molecule has 2 heterocycles. The summed E-state index contributed by atoms with van der Waals surface area (Å²) in [7, 11) is 0. The molecule has 0 radical (unpaired) electrons. The summed E-state index contributed by atoms with van der Waals surface area (Å²) in [5.41, 5.74) is 2.88. The van der Waals surface area contributed by atoms with Crippen LogP contribution in [0.5, 0.6) is 0 Å². The maximum absolute atomic E-state index is 6.22. The fourth-order valence-electron chi connectivity index (χ4n) is 2.21. The van der Waals surface area contributed by atoms with Gasteiger partial charge in [0.15, 0.2) is 5.76 Å². The number of alkyl halides is 1. The Morgan fingerprint density at radius 3 is 2.84 bits per heavy atom. The number of benzene rings is 1. The quantitative estimate of drug-likeness (QED) is 0.685. The van der Waals surface area contributed by atoms with Gasteiger partial charge in [-0.15, -0.1) is 11.6 Å². The van der Waals surface area contributed by atoms with Crippen LogP contribution in [0.25, 0.3) is 11.0 Å². The molecule has 1 atom stereocenters. The largest absolute Gasteiger partial charge is 0.359 e. The van der Waals surface area contributed by atoms with Crippen molar-refractivity contribution < 1.29 is 4.52 Å². The van der Waals surface area contributed by atoms with Crippen molar-refractivity contribution in [2.24, 2.45) is 0 Å². The number of aromatic nitrogens is 3. The molecule has 0 aliphatic rings. The van der Waals surface area contributed by atoms with Crippen molar-refractivity contribution in [2.75, 3.05) is 0 Å². The average Bonchev–Trinajstić information content (AvgIpc) is 2.95. The molecule has 3 rings (SSSR count). The number of fused-ring (bicyclic) bond motifs is 1. The third-order valence-corrected chi connectivity index (χ3v) is 3.23. The van der Waals surface area contributed by atoms with Gasteiger partial charge in [-0.05, 0) is 26.0 Å². The molecule has 3 aromatic rings. The smallest absolute Gasteiger partial charge is 0.156 e. The second-order valence-electron chi connectivity index (χ2n) is 4.60. The van der Waals surface area contributed by atoms with Crippen molar-refractivity contribution in [3.05, 3.63) is 47.6 Å². The predicted octanol–water partition coefficient (Wildman–Crippen LogP) is 3.68. The molecule has 1 unspecified atom stereocenters. The number of aryl methyl sites for hydroxylation is 1. The first-order chi connectivity index (χ1) is 9.15. The first kappa shape index (κ1) is 12.2. The highest BCUT2D eigenvalue weighted by Crippen LogP contribution is 2.25. The van der Waals surface area contributed by atoms with Crippen LogP contribution >= 0.6 is 11.6 Å². The number of nitrogens with zero attached hydrogens (tertiary/aromatic N) is 3. The van der Waals surface area contributed by atoms with E-state index in [4.69, 9.17) is 16.1 Å². The second-order valence-corrected chi connectivity index (χ2v) is 5.25. The average molecular weight is 276 g/mol. The van der Waals surface area contributed by atoms with Crippen LogP contribution in [0.15, 0.2) is 34.9 Å². The fraction of sp³-hybridized carbons (Fsp3) is 0.286. The van der Waals surface area contributed by atoms with Crippen molar-refractivity contribution in [1.29, 1.82) is 0 Å². The van der Waals surface area contributed by atoms with Crippen LogP contribution in [0, 0.1) is 6.92 Å². The summed E-state index contributed by atoms with van der Waals surface area (Å²) in [6.45, 7) is 4.42. The van der Waals surface area contributed by atoms with Crippen LogP contribution in [0.4, 0.5) is 0 Å². The van der Waals surface area contributed by atoms with E-state index in [0.717, 1.165) is 28.3 Å². The number of imidazole rings is 1. The zero-order valence-electron chi connectivity index (χ0n) is 10.8. The Kier molecular flexibility index (Phi) is 3.03. The SMILES string of the molecule is Cc1cc(Cn2c(C(C)Cl)nc3ccccc32)on1. The Balaban J connectivity index is 2.12. The molecule has 2 aromatic heterocycles. The summed E-state index contributed by atoms with van der Waals surface area (Å²) in [6.07, 6.45) is 0. The van der Waals surface area contributed by atoms with Crippen LogP contribution < -0.4 is 0 Å². The van der Waals surface area contributed by atoms with Gasteiger partial charge in [0.05, 0.1) is 28.6 Å². The van der Waals surface area contributed by atoms with E-state index in [2.05, 4.69) is 14.7 Å². The molecular formula is C14H14ClN3O. The first-order valence-electron chi connectivity index (χ1n) is 6.16. The van der Waals surface area contributed by atoms with Gasteiger partial charge in [-0.2, -0.15) is 0 Å². The topological polar surface area (TPSA) is 43.9 Å². The van der Waals surface area contributed by atoms with E-state index in [1.165, 1.54) is 0 Å². The van der Waals surface area contributed by atoms with E-state index in [9.17, 15) is 0 Å².